The number of halogens is 1. The first-order chi connectivity index (χ1) is 14.7. The second-order valence-corrected chi connectivity index (χ2v) is 7.86. The number of aryl methyl sites for hydroxylation is 1. The standard InChI is InChI=1S/C22H26FN5OS/c1-3-4-5-6-13-24-20-12-8-11-19(25-20)15-29-27-22(21-16(2)30-28-26-21)17-9-7-10-18(23)14-17/h7-12,14H,3-6,13,15H2,1-2H3,(H,24,25)/b27-22+. The molecule has 0 fully saturated rings. The van der Waals surface area contributed by atoms with Gasteiger partial charge in [0.1, 0.15) is 23.0 Å². The van der Waals surface area contributed by atoms with Gasteiger partial charge in [0, 0.05) is 12.1 Å². The van der Waals surface area contributed by atoms with Crippen molar-refractivity contribution in [3.63, 3.8) is 0 Å². The van der Waals surface area contributed by atoms with Crippen molar-refractivity contribution >= 4 is 23.1 Å². The van der Waals surface area contributed by atoms with E-state index in [1.54, 1.807) is 12.1 Å². The Kier molecular flexibility index (Phi) is 8.26. The molecule has 2 heterocycles. The molecule has 0 radical (unpaired) electrons. The van der Waals surface area contributed by atoms with Crippen LogP contribution in [0.4, 0.5) is 10.2 Å². The number of benzene rings is 1. The largest absolute Gasteiger partial charge is 0.389 e. The molecule has 30 heavy (non-hydrogen) atoms. The van der Waals surface area contributed by atoms with Crippen molar-refractivity contribution in [2.45, 2.75) is 46.1 Å². The van der Waals surface area contributed by atoms with E-state index in [0.717, 1.165) is 29.4 Å². The van der Waals surface area contributed by atoms with E-state index < -0.39 is 0 Å². The summed E-state index contributed by atoms with van der Waals surface area (Å²) in [6, 6.07) is 12.0. The molecule has 8 heteroatoms. The minimum Gasteiger partial charge on any atom is -0.389 e. The van der Waals surface area contributed by atoms with Gasteiger partial charge in [-0.3, -0.25) is 0 Å². The zero-order valence-electron chi connectivity index (χ0n) is 17.3. The molecule has 0 spiro atoms. The van der Waals surface area contributed by atoms with Crippen molar-refractivity contribution in [2.24, 2.45) is 5.16 Å². The lowest BCUT2D eigenvalue weighted by Gasteiger charge is -2.08. The van der Waals surface area contributed by atoms with Gasteiger partial charge in [-0.15, -0.1) is 5.10 Å². The molecular formula is C22H26FN5OS. The third-order valence-corrected chi connectivity index (χ3v) is 5.12. The average molecular weight is 428 g/mol. The predicted octanol–water partition coefficient (Wildman–Crippen LogP) is 5.34. The Bertz CT molecular complexity index is 975. The van der Waals surface area contributed by atoms with Gasteiger partial charge in [-0.1, -0.05) is 54.0 Å². The van der Waals surface area contributed by atoms with Gasteiger partial charge in [-0.2, -0.15) is 0 Å². The van der Waals surface area contributed by atoms with Crippen LogP contribution in [0.5, 0.6) is 0 Å². The highest BCUT2D eigenvalue weighted by Crippen LogP contribution is 2.17. The van der Waals surface area contributed by atoms with Crippen LogP contribution in [-0.4, -0.2) is 26.8 Å². The van der Waals surface area contributed by atoms with Gasteiger partial charge in [-0.25, -0.2) is 9.37 Å². The first-order valence-electron chi connectivity index (χ1n) is 10.1. The van der Waals surface area contributed by atoms with Crippen LogP contribution >= 0.6 is 11.5 Å². The van der Waals surface area contributed by atoms with Gasteiger partial charge in [0.05, 0.1) is 10.6 Å². The van der Waals surface area contributed by atoms with Gasteiger partial charge >= 0.3 is 0 Å². The Morgan fingerprint density at radius 3 is 2.80 bits per heavy atom. The molecule has 0 aliphatic rings. The number of unbranched alkanes of at least 4 members (excludes halogenated alkanes) is 3. The smallest absolute Gasteiger partial charge is 0.159 e. The fraction of sp³-hybridized carbons (Fsp3) is 0.364. The lowest BCUT2D eigenvalue weighted by atomic mass is 10.1. The normalized spacial score (nSPS) is 11.5. The first kappa shape index (κ1) is 21.8. The van der Waals surface area contributed by atoms with Crippen LogP contribution in [0.15, 0.2) is 47.6 Å². The number of hydrogen-bond donors (Lipinski definition) is 1. The van der Waals surface area contributed by atoms with E-state index in [9.17, 15) is 4.39 Å². The number of hydrogen-bond acceptors (Lipinski definition) is 7. The minimum absolute atomic E-state index is 0.195. The molecule has 6 nitrogen and oxygen atoms in total. The third-order valence-electron chi connectivity index (χ3n) is 4.49. The van der Waals surface area contributed by atoms with Crippen molar-refractivity contribution in [2.75, 3.05) is 11.9 Å². The fourth-order valence-electron chi connectivity index (χ4n) is 2.91. The van der Waals surface area contributed by atoms with E-state index in [2.05, 4.69) is 32.0 Å². The maximum Gasteiger partial charge on any atom is 0.159 e. The van der Waals surface area contributed by atoms with E-state index in [-0.39, 0.29) is 12.4 Å². The Balaban J connectivity index is 1.67. The summed E-state index contributed by atoms with van der Waals surface area (Å²) in [7, 11) is 0. The predicted molar refractivity (Wildman–Crippen MR) is 118 cm³/mol. The molecule has 0 aliphatic carbocycles. The maximum atomic E-state index is 13.7. The molecule has 0 saturated carbocycles. The molecular weight excluding hydrogens is 401 g/mol. The van der Waals surface area contributed by atoms with Crippen molar-refractivity contribution < 1.29 is 9.23 Å². The van der Waals surface area contributed by atoms with Crippen LogP contribution in [0.25, 0.3) is 0 Å². The van der Waals surface area contributed by atoms with Crippen molar-refractivity contribution in [3.8, 4) is 0 Å². The van der Waals surface area contributed by atoms with E-state index in [4.69, 9.17) is 4.84 Å². The molecule has 0 saturated heterocycles. The number of rotatable bonds is 11. The summed E-state index contributed by atoms with van der Waals surface area (Å²) in [5.41, 5.74) is 2.37. The zero-order valence-corrected chi connectivity index (χ0v) is 18.1. The molecule has 3 rings (SSSR count). The molecule has 0 bridgehead atoms. The zero-order chi connectivity index (χ0) is 21.2. The van der Waals surface area contributed by atoms with Crippen LogP contribution in [-0.2, 0) is 11.4 Å². The number of nitrogens with zero attached hydrogens (tertiary/aromatic N) is 4. The molecule has 1 aromatic carbocycles. The summed E-state index contributed by atoms with van der Waals surface area (Å²) in [5, 5.41) is 11.7. The van der Waals surface area contributed by atoms with Gasteiger partial charge in [-0.05, 0) is 49.1 Å². The molecule has 0 amide bonds. The second kappa shape index (κ2) is 11.3. The highest BCUT2D eigenvalue weighted by molar-refractivity contribution is 7.05. The molecule has 2 aromatic heterocycles. The SMILES string of the molecule is CCCCCCNc1cccc(CO/N=C(\c2cccc(F)c2)c2nnsc2C)n1. The summed E-state index contributed by atoms with van der Waals surface area (Å²) in [5.74, 6) is 0.474. The molecule has 0 unspecified atom stereocenters. The Morgan fingerprint density at radius 2 is 2.03 bits per heavy atom. The van der Waals surface area contributed by atoms with Crippen LogP contribution < -0.4 is 5.32 Å². The van der Waals surface area contributed by atoms with Gasteiger partial charge in [0.15, 0.2) is 6.61 Å². The number of anilines is 1. The summed E-state index contributed by atoms with van der Waals surface area (Å²) >= 11 is 1.26. The van der Waals surface area contributed by atoms with E-state index >= 15 is 0 Å². The van der Waals surface area contributed by atoms with Crippen LogP contribution in [0.1, 0.15) is 54.4 Å². The van der Waals surface area contributed by atoms with Crippen LogP contribution in [0.3, 0.4) is 0 Å². The van der Waals surface area contributed by atoms with E-state index in [1.165, 1.54) is 42.9 Å². The van der Waals surface area contributed by atoms with E-state index in [0.29, 0.717) is 17.0 Å². The fourth-order valence-corrected chi connectivity index (χ4v) is 3.38. The third kappa shape index (κ3) is 6.32. The highest BCUT2D eigenvalue weighted by atomic mass is 32.1. The molecule has 1 N–H and O–H groups in total. The topological polar surface area (TPSA) is 72.3 Å². The lowest BCUT2D eigenvalue weighted by Crippen LogP contribution is -2.08. The Hall–Kier alpha value is -2.87. The van der Waals surface area contributed by atoms with Gasteiger partial charge in [0.2, 0.25) is 0 Å². The number of aromatic nitrogens is 3. The molecule has 3 aromatic rings. The summed E-state index contributed by atoms with van der Waals surface area (Å²) < 4.78 is 17.7. The maximum absolute atomic E-state index is 13.7. The van der Waals surface area contributed by atoms with Crippen molar-refractivity contribution in [3.05, 3.63) is 70.1 Å². The molecule has 0 aliphatic heterocycles. The summed E-state index contributed by atoms with van der Waals surface area (Å²) in [4.78, 5) is 11.0. The van der Waals surface area contributed by atoms with Crippen molar-refractivity contribution in [1.82, 2.24) is 14.6 Å². The molecule has 158 valence electrons. The Labute approximate surface area is 180 Å². The van der Waals surface area contributed by atoms with E-state index in [1.807, 2.05) is 25.1 Å². The highest BCUT2D eigenvalue weighted by Gasteiger charge is 2.15. The number of nitrogens with one attached hydrogen (secondary N) is 1. The van der Waals surface area contributed by atoms with Gasteiger partial charge < -0.3 is 10.2 Å². The summed E-state index contributed by atoms with van der Waals surface area (Å²) in [6.45, 7) is 5.19. The quantitative estimate of drug-likeness (QED) is 0.254. The van der Waals surface area contributed by atoms with Crippen molar-refractivity contribution in [1.29, 1.82) is 0 Å². The minimum atomic E-state index is -0.347. The van der Waals surface area contributed by atoms with Crippen LogP contribution in [0, 0.1) is 12.7 Å². The Morgan fingerprint density at radius 1 is 1.17 bits per heavy atom. The second-order valence-electron chi connectivity index (χ2n) is 6.90. The first-order valence-corrected chi connectivity index (χ1v) is 10.9. The lowest BCUT2D eigenvalue weighted by molar-refractivity contribution is 0.128. The monoisotopic (exact) mass is 427 g/mol. The number of pyridine rings is 1. The molecule has 0 atom stereocenters. The number of oxime groups is 1. The average Bonchev–Trinajstić information content (AvgIpc) is 3.17. The van der Waals surface area contributed by atoms with Crippen LogP contribution in [0.2, 0.25) is 0 Å². The summed E-state index contributed by atoms with van der Waals surface area (Å²) in [6.07, 6.45) is 4.82. The van der Waals surface area contributed by atoms with Gasteiger partial charge in [0.25, 0.3) is 0 Å².